The molecule has 0 aromatic heterocycles. The van der Waals surface area contributed by atoms with E-state index in [4.69, 9.17) is 9.84 Å². The van der Waals surface area contributed by atoms with Gasteiger partial charge >= 0.3 is 5.97 Å². The van der Waals surface area contributed by atoms with Gasteiger partial charge in [-0.3, -0.25) is 4.79 Å². The number of carbonyl (C=O) groups is 1. The fourth-order valence-corrected chi connectivity index (χ4v) is 3.76. The van der Waals surface area contributed by atoms with Gasteiger partial charge in [0.15, 0.2) is 0 Å². The first-order valence-corrected chi connectivity index (χ1v) is 7.84. The van der Waals surface area contributed by atoms with Gasteiger partial charge in [-0.2, -0.15) is 11.8 Å². The zero-order valence-electron chi connectivity index (χ0n) is 11.2. The fraction of sp³-hybridized carbons (Fsp3) is 0.533. The molecule has 0 heterocycles. The second-order valence-corrected chi connectivity index (χ2v) is 6.00. The van der Waals surface area contributed by atoms with E-state index in [2.05, 4.69) is 12.1 Å². The van der Waals surface area contributed by atoms with Gasteiger partial charge in [-0.05, 0) is 49.4 Å². The molecule has 1 N–H and O–H groups in total. The summed E-state index contributed by atoms with van der Waals surface area (Å²) in [4.78, 5) is 10.6. The van der Waals surface area contributed by atoms with Crippen LogP contribution in [0.2, 0.25) is 0 Å². The first-order valence-electron chi connectivity index (χ1n) is 6.79. The van der Waals surface area contributed by atoms with E-state index >= 15 is 0 Å². The van der Waals surface area contributed by atoms with E-state index < -0.39 is 5.97 Å². The third-order valence-corrected chi connectivity index (χ3v) is 4.65. The summed E-state index contributed by atoms with van der Waals surface area (Å²) in [5, 5.41) is 9.14. The number of rotatable bonds is 6. The number of carboxylic acid groups (broad SMARTS) is 1. The van der Waals surface area contributed by atoms with Crippen molar-refractivity contribution in [1.29, 1.82) is 0 Å². The summed E-state index contributed by atoms with van der Waals surface area (Å²) < 4.78 is 5.56. The van der Waals surface area contributed by atoms with Crippen molar-refractivity contribution in [3.8, 4) is 5.75 Å². The van der Waals surface area contributed by atoms with Gasteiger partial charge in [-0.1, -0.05) is 6.07 Å². The minimum Gasteiger partial charge on any atom is -0.494 e. The average Bonchev–Trinajstić information content (AvgIpc) is 2.39. The summed E-state index contributed by atoms with van der Waals surface area (Å²) >= 11 is 1.76. The number of benzene rings is 1. The number of ether oxygens (including phenoxy) is 1. The van der Waals surface area contributed by atoms with Gasteiger partial charge in [0.1, 0.15) is 5.75 Å². The molecular weight excluding hydrogens is 260 g/mol. The zero-order valence-corrected chi connectivity index (χ0v) is 12.0. The van der Waals surface area contributed by atoms with Crippen molar-refractivity contribution in [2.24, 2.45) is 0 Å². The van der Waals surface area contributed by atoms with Crippen LogP contribution in [0.5, 0.6) is 5.75 Å². The van der Waals surface area contributed by atoms with Crippen molar-refractivity contribution >= 4 is 17.7 Å². The highest BCUT2D eigenvalue weighted by molar-refractivity contribution is 7.99. The molecule has 0 aliphatic heterocycles. The first-order chi connectivity index (χ1) is 9.20. The summed E-state index contributed by atoms with van der Waals surface area (Å²) in [5.41, 5.74) is 2.73. The lowest BCUT2D eigenvalue weighted by Gasteiger charge is -2.25. The minimum absolute atomic E-state index is 0.238. The van der Waals surface area contributed by atoms with Gasteiger partial charge in [0, 0.05) is 11.0 Å². The summed E-state index contributed by atoms with van der Waals surface area (Å²) in [6.07, 6.45) is 3.68. The molecule has 0 spiro atoms. The Balaban J connectivity index is 2.07. The fourth-order valence-electron chi connectivity index (χ4n) is 2.45. The second kappa shape index (κ2) is 6.85. The largest absolute Gasteiger partial charge is 0.494 e. The van der Waals surface area contributed by atoms with Crippen LogP contribution in [0.3, 0.4) is 0 Å². The normalized spacial score (nSPS) is 17.8. The molecule has 0 radical (unpaired) electrons. The number of carboxylic acids is 1. The van der Waals surface area contributed by atoms with Crippen molar-refractivity contribution in [2.45, 2.75) is 37.9 Å². The van der Waals surface area contributed by atoms with E-state index in [0.29, 0.717) is 17.6 Å². The molecule has 0 saturated carbocycles. The molecule has 1 aliphatic rings. The lowest BCUT2D eigenvalue weighted by molar-refractivity contribution is -0.136. The van der Waals surface area contributed by atoms with Crippen molar-refractivity contribution in [2.75, 3.05) is 12.4 Å². The molecule has 2 rings (SSSR count). The third-order valence-electron chi connectivity index (χ3n) is 3.32. The maximum absolute atomic E-state index is 10.6. The molecule has 104 valence electrons. The van der Waals surface area contributed by atoms with Gasteiger partial charge < -0.3 is 9.84 Å². The molecule has 0 bridgehead atoms. The van der Waals surface area contributed by atoms with Gasteiger partial charge in [0.05, 0.1) is 13.0 Å². The Hall–Kier alpha value is -1.16. The van der Waals surface area contributed by atoms with Gasteiger partial charge in [-0.25, -0.2) is 0 Å². The maximum atomic E-state index is 10.6. The zero-order chi connectivity index (χ0) is 13.7. The number of aliphatic carboxylic acids is 1. The highest BCUT2D eigenvalue weighted by Gasteiger charge is 2.21. The van der Waals surface area contributed by atoms with E-state index in [1.165, 1.54) is 17.5 Å². The molecule has 3 nitrogen and oxygen atoms in total. The summed E-state index contributed by atoms with van der Waals surface area (Å²) in [6, 6.07) is 6.33. The van der Waals surface area contributed by atoms with E-state index in [1.807, 2.05) is 13.0 Å². The standard InChI is InChI=1S/C15H20O3S/c1-2-18-12-7-6-11-4-3-5-14(13(11)10-12)19-9-8-15(16)17/h6-7,10,14H,2-5,8-9H2,1H3,(H,16,17). The van der Waals surface area contributed by atoms with E-state index in [0.717, 1.165) is 18.6 Å². The van der Waals surface area contributed by atoms with Crippen LogP contribution < -0.4 is 4.74 Å². The smallest absolute Gasteiger partial charge is 0.304 e. The molecule has 1 aromatic rings. The van der Waals surface area contributed by atoms with Crippen molar-refractivity contribution in [3.63, 3.8) is 0 Å². The molecule has 0 saturated heterocycles. The highest BCUT2D eigenvalue weighted by Crippen LogP contribution is 2.41. The molecule has 1 unspecified atom stereocenters. The Bertz CT molecular complexity index is 445. The third kappa shape index (κ3) is 3.90. The number of thioether (sulfide) groups is 1. The molecule has 1 aromatic carbocycles. The highest BCUT2D eigenvalue weighted by atomic mass is 32.2. The summed E-state index contributed by atoms with van der Waals surface area (Å²) in [7, 11) is 0. The SMILES string of the molecule is CCOc1ccc2c(c1)C(SCCC(=O)O)CCC2. The first kappa shape index (κ1) is 14.3. The van der Waals surface area contributed by atoms with Gasteiger partial charge in [-0.15, -0.1) is 0 Å². The second-order valence-electron chi connectivity index (χ2n) is 4.69. The average molecular weight is 280 g/mol. The predicted molar refractivity (Wildman–Crippen MR) is 78.0 cm³/mol. The molecule has 1 atom stereocenters. The van der Waals surface area contributed by atoms with Crippen LogP contribution in [0.15, 0.2) is 18.2 Å². The summed E-state index contributed by atoms with van der Waals surface area (Å²) in [5.74, 6) is 0.886. The van der Waals surface area contributed by atoms with Crippen LogP contribution >= 0.6 is 11.8 Å². The molecule has 0 fully saturated rings. The van der Waals surface area contributed by atoms with E-state index in [1.54, 1.807) is 11.8 Å². The van der Waals surface area contributed by atoms with Crippen LogP contribution in [-0.4, -0.2) is 23.4 Å². The Morgan fingerprint density at radius 3 is 3.11 bits per heavy atom. The van der Waals surface area contributed by atoms with Crippen molar-refractivity contribution in [1.82, 2.24) is 0 Å². The van der Waals surface area contributed by atoms with Crippen molar-refractivity contribution < 1.29 is 14.6 Å². The van der Waals surface area contributed by atoms with Crippen LogP contribution in [0, 0.1) is 0 Å². The Labute approximate surface area is 118 Å². The molecule has 19 heavy (non-hydrogen) atoms. The minimum atomic E-state index is -0.716. The lowest BCUT2D eigenvalue weighted by Crippen LogP contribution is -2.09. The summed E-state index contributed by atoms with van der Waals surface area (Å²) in [6.45, 7) is 2.66. The number of fused-ring (bicyclic) bond motifs is 1. The molecule has 4 heteroatoms. The number of hydrogen-bond donors (Lipinski definition) is 1. The predicted octanol–water partition coefficient (Wildman–Crippen LogP) is 3.67. The molecular formula is C15H20O3S. The quantitative estimate of drug-likeness (QED) is 0.863. The number of aryl methyl sites for hydroxylation is 1. The van der Waals surface area contributed by atoms with Crippen LogP contribution in [0.4, 0.5) is 0 Å². The Morgan fingerprint density at radius 1 is 1.53 bits per heavy atom. The van der Waals surface area contributed by atoms with Crippen LogP contribution in [0.25, 0.3) is 0 Å². The van der Waals surface area contributed by atoms with Gasteiger partial charge in [0.25, 0.3) is 0 Å². The topological polar surface area (TPSA) is 46.5 Å². The van der Waals surface area contributed by atoms with Gasteiger partial charge in [0.2, 0.25) is 0 Å². The maximum Gasteiger partial charge on any atom is 0.304 e. The Kier molecular flexibility index (Phi) is 5.14. The monoisotopic (exact) mass is 280 g/mol. The molecule has 0 amide bonds. The van der Waals surface area contributed by atoms with E-state index in [-0.39, 0.29) is 6.42 Å². The van der Waals surface area contributed by atoms with Crippen molar-refractivity contribution in [3.05, 3.63) is 29.3 Å². The number of hydrogen-bond acceptors (Lipinski definition) is 3. The Morgan fingerprint density at radius 2 is 2.37 bits per heavy atom. The van der Waals surface area contributed by atoms with Crippen LogP contribution in [0.1, 0.15) is 42.6 Å². The van der Waals surface area contributed by atoms with Crippen LogP contribution in [-0.2, 0) is 11.2 Å². The van der Waals surface area contributed by atoms with E-state index in [9.17, 15) is 4.79 Å². The lowest BCUT2D eigenvalue weighted by atomic mass is 9.91. The molecule has 1 aliphatic carbocycles.